The lowest BCUT2D eigenvalue weighted by atomic mass is 9.75. The number of rotatable bonds is 2. The van der Waals surface area contributed by atoms with E-state index in [9.17, 15) is 9.18 Å². The number of carbonyl (C=O) groups excluding carboxylic acids is 1. The molecule has 0 unspecified atom stereocenters. The number of hydrogen-bond acceptors (Lipinski definition) is 2. The van der Waals surface area contributed by atoms with Crippen LogP contribution in [0.15, 0.2) is 42.6 Å². The maximum atomic E-state index is 13.4. The minimum atomic E-state index is -0.205. The second-order valence-electron chi connectivity index (χ2n) is 7.55. The number of nitrogens with zero attached hydrogens (tertiary/aromatic N) is 2. The van der Waals surface area contributed by atoms with Crippen LogP contribution in [-0.2, 0) is 0 Å². The summed E-state index contributed by atoms with van der Waals surface area (Å²) in [6.45, 7) is 2.95. The largest absolute Gasteiger partial charge is 0.357 e. The highest BCUT2D eigenvalue weighted by Crippen LogP contribution is 2.46. The van der Waals surface area contributed by atoms with E-state index in [4.69, 9.17) is 0 Å². The number of likely N-dealkylation sites (tertiary alicyclic amines) is 1. The second kappa shape index (κ2) is 5.70. The van der Waals surface area contributed by atoms with Crippen LogP contribution >= 0.6 is 0 Å². The highest BCUT2D eigenvalue weighted by molar-refractivity contribution is 5.93. The highest BCUT2D eigenvalue weighted by Gasteiger charge is 2.54. The van der Waals surface area contributed by atoms with Gasteiger partial charge in [0.15, 0.2) is 0 Å². The first kappa shape index (κ1) is 15.1. The lowest BCUT2D eigenvalue weighted by molar-refractivity contribution is -0.00356. The van der Waals surface area contributed by atoms with Gasteiger partial charge in [-0.15, -0.1) is 0 Å². The van der Waals surface area contributed by atoms with Gasteiger partial charge in [-0.3, -0.25) is 9.69 Å². The summed E-state index contributed by atoms with van der Waals surface area (Å²) in [5, 5.41) is 0. The minimum absolute atomic E-state index is 0.0957. The van der Waals surface area contributed by atoms with E-state index in [1.54, 1.807) is 6.20 Å². The van der Waals surface area contributed by atoms with E-state index >= 15 is 0 Å². The van der Waals surface area contributed by atoms with Gasteiger partial charge in [0, 0.05) is 24.7 Å². The van der Waals surface area contributed by atoms with Gasteiger partial charge in [0.05, 0.1) is 6.04 Å². The molecule has 25 heavy (non-hydrogen) atoms. The van der Waals surface area contributed by atoms with Crippen molar-refractivity contribution in [3.8, 4) is 0 Å². The molecule has 2 bridgehead atoms. The van der Waals surface area contributed by atoms with Gasteiger partial charge in [0.25, 0.3) is 5.91 Å². The van der Waals surface area contributed by atoms with E-state index in [0.717, 1.165) is 18.7 Å². The molecule has 4 aliphatic heterocycles. The zero-order chi connectivity index (χ0) is 17.0. The molecular weight excluding hydrogens is 317 g/mol. The number of carbonyl (C=O) groups is 1. The predicted octanol–water partition coefficient (Wildman–Crippen LogP) is 2.86. The summed E-state index contributed by atoms with van der Waals surface area (Å²) in [6.07, 6.45) is 4.15. The Kier molecular flexibility index (Phi) is 3.45. The average molecular weight is 339 g/mol. The molecule has 3 atom stereocenters. The number of nitrogens with one attached hydrogen (secondary N) is 1. The van der Waals surface area contributed by atoms with Crippen LogP contribution in [0.25, 0.3) is 0 Å². The Morgan fingerprint density at radius 2 is 1.84 bits per heavy atom. The second-order valence-corrected chi connectivity index (χ2v) is 7.55. The van der Waals surface area contributed by atoms with Gasteiger partial charge in [0.1, 0.15) is 11.5 Å². The summed E-state index contributed by atoms with van der Waals surface area (Å²) >= 11 is 0. The van der Waals surface area contributed by atoms with Gasteiger partial charge in [0.2, 0.25) is 0 Å². The third-order valence-corrected chi connectivity index (χ3v) is 6.38. The maximum Gasteiger partial charge on any atom is 0.270 e. The Morgan fingerprint density at radius 1 is 1.08 bits per heavy atom. The molecule has 1 N–H and O–H groups in total. The normalized spacial score (nSPS) is 33.5. The summed E-state index contributed by atoms with van der Waals surface area (Å²) < 4.78 is 13.4. The molecule has 5 heterocycles. The Labute approximate surface area is 146 Å². The summed E-state index contributed by atoms with van der Waals surface area (Å²) in [5.74, 6) is 0.730. The number of fused-ring (bicyclic) bond motifs is 2. The van der Waals surface area contributed by atoms with Crippen molar-refractivity contribution in [2.24, 2.45) is 5.92 Å². The molecule has 4 aliphatic rings. The Bertz CT molecular complexity index is 765. The Balaban J connectivity index is 1.53. The summed E-state index contributed by atoms with van der Waals surface area (Å²) in [7, 11) is 0. The Morgan fingerprint density at radius 3 is 2.52 bits per heavy atom. The molecule has 0 saturated carbocycles. The first-order valence-corrected chi connectivity index (χ1v) is 9.16. The van der Waals surface area contributed by atoms with Crippen molar-refractivity contribution in [1.29, 1.82) is 0 Å². The minimum Gasteiger partial charge on any atom is -0.357 e. The summed E-state index contributed by atoms with van der Waals surface area (Å²) in [6, 6.07) is 11.2. The quantitative estimate of drug-likeness (QED) is 0.914. The third-order valence-electron chi connectivity index (χ3n) is 6.38. The topological polar surface area (TPSA) is 39.3 Å². The fourth-order valence-electron chi connectivity index (χ4n) is 5.28. The first-order chi connectivity index (χ1) is 12.2. The van der Waals surface area contributed by atoms with E-state index in [1.165, 1.54) is 25.0 Å². The summed E-state index contributed by atoms with van der Waals surface area (Å²) in [5.41, 5.74) is 1.81. The fourth-order valence-corrected chi connectivity index (χ4v) is 5.28. The van der Waals surface area contributed by atoms with Crippen molar-refractivity contribution in [1.82, 2.24) is 14.8 Å². The molecule has 1 aromatic carbocycles. The van der Waals surface area contributed by atoms with Crippen LogP contribution in [0, 0.1) is 11.7 Å². The molecule has 2 aromatic rings. The first-order valence-electron chi connectivity index (χ1n) is 9.16. The van der Waals surface area contributed by atoms with Crippen LogP contribution in [0.1, 0.15) is 34.8 Å². The van der Waals surface area contributed by atoms with E-state index in [2.05, 4.69) is 14.8 Å². The molecule has 130 valence electrons. The monoisotopic (exact) mass is 339 g/mol. The smallest absolute Gasteiger partial charge is 0.270 e. The SMILES string of the molecule is O=C(c1ccc[nH]1)N1C[C@@H](c2ccc(F)cc2)[C@@H]2[C@H]1C1CCN2CC1. The highest BCUT2D eigenvalue weighted by atomic mass is 19.1. The predicted molar refractivity (Wildman–Crippen MR) is 92.8 cm³/mol. The molecule has 0 aliphatic carbocycles. The molecule has 1 amide bonds. The third kappa shape index (κ3) is 2.33. The molecule has 5 heteroatoms. The van der Waals surface area contributed by atoms with Crippen LogP contribution in [0.3, 0.4) is 0 Å². The van der Waals surface area contributed by atoms with Crippen molar-refractivity contribution < 1.29 is 9.18 Å². The van der Waals surface area contributed by atoms with E-state index in [1.807, 2.05) is 24.3 Å². The van der Waals surface area contributed by atoms with Crippen molar-refractivity contribution in [3.63, 3.8) is 0 Å². The van der Waals surface area contributed by atoms with Gasteiger partial charge in [-0.1, -0.05) is 12.1 Å². The van der Waals surface area contributed by atoms with Crippen molar-refractivity contribution in [2.75, 3.05) is 19.6 Å². The molecule has 0 radical (unpaired) electrons. The van der Waals surface area contributed by atoms with Gasteiger partial charge in [-0.05, 0) is 61.7 Å². The number of H-pyrrole nitrogens is 1. The molecule has 4 fully saturated rings. The van der Waals surface area contributed by atoms with Crippen LogP contribution in [0.2, 0.25) is 0 Å². The molecule has 1 aromatic heterocycles. The zero-order valence-electron chi connectivity index (χ0n) is 14.1. The molecule has 0 spiro atoms. The number of piperidine rings is 3. The van der Waals surface area contributed by atoms with Gasteiger partial charge in [-0.2, -0.15) is 0 Å². The van der Waals surface area contributed by atoms with E-state index in [-0.39, 0.29) is 23.7 Å². The number of halogens is 1. The lowest BCUT2D eigenvalue weighted by Crippen LogP contribution is -2.60. The molecular formula is C20H22FN3O. The van der Waals surface area contributed by atoms with E-state index < -0.39 is 0 Å². The van der Waals surface area contributed by atoms with Gasteiger partial charge >= 0.3 is 0 Å². The fraction of sp³-hybridized carbons (Fsp3) is 0.450. The molecule has 4 nitrogen and oxygen atoms in total. The van der Waals surface area contributed by atoms with Crippen LogP contribution < -0.4 is 0 Å². The number of aromatic nitrogens is 1. The van der Waals surface area contributed by atoms with Crippen molar-refractivity contribution in [2.45, 2.75) is 30.8 Å². The number of benzene rings is 1. The van der Waals surface area contributed by atoms with Crippen LogP contribution in [0.4, 0.5) is 4.39 Å². The zero-order valence-corrected chi connectivity index (χ0v) is 14.1. The van der Waals surface area contributed by atoms with Crippen molar-refractivity contribution >= 4 is 5.91 Å². The molecule has 6 rings (SSSR count). The standard InChI is InChI=1S/C20H22FN3O/c21-15-5-3-13(4-6-15)16-12-24(20(25)17-2-1-9-22-17)18-14-7-10-23(11-8-14)19(16)18/h1-6,9,14,16,18-19,22H,7-8,10-12H2/t16-,18+,19+/m0/s1. The number of amides is 1. The van der Waals surface area contributed by atoms with Crippen molar-refractivity contribution in [3.05, 3.63) is 59.7 Å². The van der Waals surface area contributed by atoms with Gasteiger partial charge < -0.3 is 9.88 Å². The Hall–Kier alpha value is -2.14. The number of aromatic amines is 1. The summed E-state index contributed by atoms with van der Waals surface area (Å²) in [4.78, 5) is 20.8. The number of hydrogen-bond donors (Lipinski definition) is 1. The lowest BCUT2D eigenvalue weighted by Gasteiger charge is -2.51. The van der Waals surface area contributed by atoms with Crippen LogP contribution in [-0.4, -0.2) is 52.4 Å². The maximum absolute atomic E-state index is 13.4. The van der Waals surface area contributed by atoms with Gasteiger partial charge in [-0.25, -0.2) is 4.39 Å². The van der Waals surface area contributed by atoms with Crippen LogP contribution in [0.5, 0.6) is 0 Å². The average Bonchev–Trinajstić information content (AvgIpc) is 3.32. The molecule has 4 saturated heterocycles. The van der Waals surface area contributed by atoms with E-state index in [0.29, 0.717) is 24.2 Å².